The van der Waals surface area contributed by atoms with Crippen molar-refractivity contribution in [3.8, 4) is 34.6 Å². The summed E-state index contributed by atoms with van der Waals surface area (Å²) in [5.74, 6) is 12.6. The normalized spacial score (nSPS) is 25.1. The lowest BCUT2D eigenvalue weighted by molar-refractivity contribution is 0.0512. The monoisotopic (exact) mass is 683 g/mol. The van der Waals surface area contributed by atoms with Crippen molar-refractivity contribution in [2.24, 2.45) is 23.7 Å². The molecule has 268 valence electrons. The zero-order valence-electron chi connectivity index (χ0n) is 31.5. The quantitative estimate of drug-likeness (QED) is 0.130. The second-order valence-corrected chi connectivity index (χ2v) is 16.7. The Morgan fingerprint density at radius 3 is 2.29 bits per heavy atom. The lowest BCUT2D eigenvalue weighted by atomic mass is 9.76. The van der Waals surface area contributed by atoms with Crippen LogP contribution in [0.1, 0.15) is 131 Å². The molecule has 0 saturated heterocycles. The Hall–Kier alpha value is -3.55. The van der Waals surface area contributed by atoms with Gasteiger partial charge < -0.3 is 14.2 Å². The fraction of sp³-hybridized carbons (Fsp3) is 0.553. The molecule has 4 fully saturated rings. The van der Waals surface area contributed by atoms with Crippen molar-refractivity contribution in [1.29, 1.82) is 0 Å². The van der Waals surface area contributed by atoms with E-state index in [9.17, 15) is 0 Å². The van der Waals surface area contributed by atoms with E-state index in [0.29, 0.717) is 12.0 Å². The number of nitrogens with zero attached hydrogens (tertiary/aromatic N) is 1. The van der Waals surface area contributed by atoms with Crippen molar-refractivity contribution >= 4 is 21.5 Å². The molecule has 2 atom stereocenters. The zero-order valence-corrected chi connectivity index (χ0v) is 31.5. The Morgan fingerprint density at radius 1 is 0.784 bits per heavy atom. The number of aryl methyl sites for hydroxylation is 2. The van der Waals surface area contributed by atoms with Crippen molar-refractivity contribution in [3.05, 3.63) is 64.8 Å². The molecule has 8 rings (SSSR count). The van der Waals surface area contributed by atoms with Crippen molar-refractivity contribution in [1.82, 2.24) is 4.98 Å². The molecular formula is C47H57NO3. The first kappa shape index (κ1) is 34.5. The first-order valence-electron chi connectivity index (χ1n) is 20.2. The van der Waals surface area contributed by atoms with Gasteiger partial charge in [0.15, 0.2) is 6.79 Å². The van der Waals surface area contributed by atoms with E-state index < -0.39 is 0 Å². The molecular weight excluding hydrogens is 627 g/mol. The summed E-state index contributed by atoms with van der Waals surface area (Å²) < 4.78 is 18.4. The molecule has 3 aromatic carbocycles. The SMILES string of the molecule is CC#Cc1c(C)ccc2cc(OCOC)cc(-c3ncc4c(C5CC6CCC(C6)C5)cc(OC5CCC(CC6CCCCC6)CC5)cc4c3C)c12. The Morgan fingerprint density at radius 2 is 1.55 bits per heavy atom. The summed E-state index contributed by atoms with van der Waals surface area (Å²) in [4.78, 5) is 5.31. The summed E-state index contributed by atoms with van der Waals surface area (Å²) in [7, 11) is 1.66. The highest BCUT2D eigenvalue weighted by atomic mass is 16.7. The van der Waals surface area contributed by atoms with Crippen LogP contribution in [0.25, 0.3) is 32.8 Å². The minimum atomic E-state index is 0.193. The molecule has 1 heterocycles. The maximum absolute atomic E-state index is 7.03. The minimum absolute atomic E-state index is 0.193. The molecule has 51 heavy (non-hydrogen) atoms. The molecule has 4 heteroatoms. The van der Waals surface area contributed by atoms with Crippen molar-refractivity contribution in [2.75, 3.05) is 13.9 Å². The molecule has 4 saturated carbocycles. The van der Waals surface area contributed by atoms with Gasteiger partial charge >= 0.3 is 0 Å². The van der Waals surface area contributed by atoms with E-state index in [1.807, 2.05) is 6.92 Å². The van der Waals surface area contributed by atoms with E-state index in [2.05, 4.69) is 68.3 Å². The number of aromatic nitrogens is 1. The number of hydrogen-bond donors (Lipinski definition) is 0. The van der Waals surface area contributed by atoms with Gasteiger partial charge in [-0.05, 0) is 153 Å². The maximum Gasteiger partial charge on any atom is 0.188 e. The number of fused-ring (bicyclic) bond motifs is 4. The average Bonchev–Trinajstić information content (AvgIpc) is 3.49. The fourth-order valence-electron chi connectivity index (χ4n) is 10.7. The van der Waals surface area contributed by atoms with Gasteiger partial charge in [0, 0.05) is 35.2 Å². The third-order valence-electron chi connectivity index (χ3n) is 13.2. The Labute approximate surface area is 306 Å². The summed E-state index contributed by atoms with van der Waals surface area (Å²) in [5, 5.41) is 4.79. The van der Waals surface area contributed by atoms with Crippen LogP contribution in [0.4, 0.5) is 0 Å². The van der Waals surface area contributed by atoms with Crippen LogP contribution >= 0.6 is 0 Å². The average molecular weight is 684 g/mol. The highest BCUT2D eigenvalue weighted by molar-refractivity contribution is 6.04. The van der Waals surface area contributed by atoms with Crippen molar-refractivity contribution in [3.63, 3.8) is 0 Å². The molecule has 2 bridgehead atoms. The van der Waals surface area contributed by atoms with Crippen LogP contribution in [0.3, 0.4) is 0 Å². The van der Waals surface area contributed by atoms with Gasteiger partial charge in [0.25, 0.3) is 0 Å². The first-order chi connectivity index (χ1) is 25.0. The van der Waals surface area contributed by atoms with Crippen molar-refractivity contribution in [2.45, 2.75) is 129 Å². The molecule has 2 unspecified atom stereocenters. The molecule has 0 radical (unpaired) electrons. The molecule has 0 spiro atoms. The largest absolute Gasteiger partial charge is 0.490 e. The van der Waals surface area contributed by atoms with Gasteiger partial charge in [0.2, 0.25) is 0 Å². The third-order valence-corrected chi connectivity index (χ3v) is 13.2. The number of pyridine rings is 1. The molecule has 4 nitrogen and oxygen atoms in total. The lowest BCUT2D eigenvalue weighted by Gasteiger charge is -2.33. The number of benzene rings is 3. The van der Waals surface area contributed by atoms with Crippen molar-refractivity contribution < 1.29 is 14.2 Å². The topological polar surface area (TPSA) is 40.6 Å². The van der Waals surface area contributed by atoms with E-state index in [0.717, 1.165) is 62.8 Å². The summed E-state index contributed by atoms with van der Waals surface area (Å²) >= 11 is 0. The number of rotatable bonds is 9. The molecule has 1 aromatic heterocycles. The molecule has 0 aliphatic heterocycles. The van der Waals surface area contributed by atoms with E-state index in [1.165, 1.54) is 124 Å². The summed E-state index contributed by atoms with van der Waals surface area (Å²) in [5.41, 5.74) is 6.91. The van der Waals surface area contributed by atoms with Crippen LogP contribution in [0.15, 0.2) is 42.6 Å². The van der Waals surface area contributed by atoms with Crippen LogP contribution in [-0.2, 0) is 4.74 Å². The number of ether oxygens (including phenoxy) is 3. The van der Waals surface area contributed by atoms with Gasteiger partial charge in [-0.2, -0.15) is 0 Å². The predicted octanol–water partition coefficient (Wildman–Crippen LogP) is 12.2. The highest BCUT2D eigenvalue weighted by Gasteiger charge is 2.36. The van der Waals surface area contributed by atoms with E-state index in [-0.39, 0.29) is 6.79 Å². The Balaban J connectivity index is 1.18. The summed E-state index contributed by atoms with van der Waals surface area (Å²) in [6.45, 7) is 6.51. The second kappa shape index (κ2) is 15.2. The van der Waals surface area contributed by atoms with Gasteiger partial charge in [0.1, 0.15) is 11.5 Å². The van der Waals surface area contributed by atoms with E-state index >= 15 is 0 Å². The second-order valence-electron chi connectivity index (χ2n) is 16.7. The minimum Gasteiger partial charge on any atom is -0.490 e. The smallest absolute Gasteiger partial charge is 0.188 e. The van der Waals surface area contributed by atoms with Gasteiger partial charge in [-0.1, -0.05) is 63.0 Å². The maximum atomic E-state index is 7.03. The Kier molecular flexibility index (Phi) is 10.3. The van der Waals surface area contributed by atoms with E-state index in [1.54, 1.807) is 7.11 Å². The number of methoxy groups -OCH3 is 1. The Bertz CT molecular complexity index is 1920. The highest BCUT2D eigenvalue weighted by Crippen LogP contribution is 2.51. The number of hydrogen-bond acceptors (Lipinski definition) is 4. The molecule has 4 aromatic rings. The first-order valence-corrected chi connectivity index (χ1v) is 20.2. The third kappa shape index (κ3) is 7.26. The molecule has 4 aliphatic carbocycles. The molecule has 0 amide bonds. The predicted molar refractivity (Wildman–Crippen MR) is 210 cm³/mol. The molecule has 0 N–H and O–H groups in total. The lowest BCUT2D eigenvalue weighted by Crippen LogP contribution is -2.25. The van der Waals surface area contributed by atoms with Crippen LogP contribution in [0.2, 0.25) is 0 Å². The standard InChI is InChI=1S/C47H57NO3/c1-5-9-41-30(2)12-17-36-24-39(50-29-49-4)25-44(46(36)41)47-31(3)42-26-40(51-38-18-15-33(16-19-38)20-32-10-7-6-8-11-32)27-43(45(42)28-48-47)37-22-34-13-14-35(21-34)23-37/h12,17,24-28,32-35,37-38H,6-8,10-11,13-16,18-23,29H2,1-4H3. The fourth-order valence-corrected chi connectivity index (χ4v) is 10.7. The van der Waals surface area contributed by atoms with E-state index in [4.69, 9.17) is 19.2 Å². The van der Waals surface area contributed by atoms with Crippen LogP contribution in [0, 0.1) is 49.4 Å². The zero-order chi connectivity index (χ0) is 34.9. The summed E-state index contributed by atoms with van der Waals surface area (Å²) in [6.07, 6.45) is 23.0. The van der Waals surface area contributed by atoms with Crippen LogP contribution < -0.4 is 9.47 Å². The van der Waals surface area contributed by atoms with Gasteiger partial charge in [-0.3, -0.25) is 4.98 Å². The van der Waals surface area contributed by atoms with Gasteiger partial charge in [-0.25, -0.2) is 0 Å². The van der Waals surface area contributed by atoms with Crippen LogP contribution in [-0.4, -0.2) is 25.0 Å². The van der Waals surface area contributed by atoms with Gasteiger partial charge in [-0.15, -0.1) is 5.92 Å². The van der Waals surface area contributed by atoms with Gasteiger partial charge in [0.05, 0.1) is 11.8 Å². The summed E-state index contributed by atoms with van der Waals surface area (Å²) in [6, 6.07) is 13.3. The molecule has 4 aliphatic rings. The van der Waals surface area contributed by atoms with Crippen LogP contribution in [0.5, 0.6) is 11.5 Å².